The Hall–Kier alpha value is -2.50. The van der Waals surface area contributed by atoms with Crippen LogP contribution in [0, 0.1) is 12.7 Å². The Balaban J connectivity index is 2.28. The molecular weight excluding hydrogens is 283 g/mol. The van der Waals surface area contributed by atoms with Gasteiger partial charge in [-0.3, -0.25) is 4.79 Å². The highest BCUT2D eigenvalue weighted by molar-refractivity contribution is 6.03. The number of hydrogen-bond acceptors (Lipinski definition) is 4. The molecule has 2 aromatic rings. The van der Waals surface area contributed by atoms with Crippen LogP contribution in [0.5, 0.6) is 0 Å². The van der Waals surface area contributed by atoms with Crippen molar-refractivity contribution >= 4 is 17.5 Å². The fourth-order valence-electron chi connectivity index (χ4n) is 2.07. The van der Waals surface area contributed by atoms with Crippen molar-refractivity contribution in [3.05, 3.63) is 47.5 Å². The zero-order valence-corrected chi connectivity index (χ0v) is 12.9. The van der Waals surface area contributed by atoms with Gasteiger partial charge in [-0.05, 0) is 39.0 Å². The summed E-state index contributed by atoms with van der Waals surface area (Å²) in [6.07, 6.45) is 0. The van der Waals surface area contributed by atoms with Crippen LogP contribution in [0.3, 0.4) is 0 Å². The van der Waals surface area contributed by atoms with E-state index in [1.54, 1.807) is 25.1 Å². The van der Waals surface area contributed by atoms with E-state index in [0.29, 0.717) is 11.6 Å². The molecule has 0 atom stereocenters. The maximum atomic E-state index is 13.6. The van der Waals surface area contributed by atoms with Gasteiger partial charge < -0.3 is 10.2 Å². The predicted molar refractivity (Wildman–Crippen MR) is 84.7 cm³/mol. The molecule has 0 saturated heterocycles. The van der Waals surface area contributed by atoms with Gasteiger partial charge in [-0.15, -0.1) is 0 Å². The lowest BCUT2D eigenvalue weighted by Gasteiger charge is -2.19. The quantitative estimate of drug-likeness (QED) is 0.922. The number of aryl methyl sites for hydroxylation is 1. The average Bonchev–Trinajstić information content (AvgIpc) is 2.50. The van der Waals surface area contributed by atoms with Crippen LogP contribution >= 0.6 is 0 Å². The van der Waals surface area contributed by atoms with Crippen molar-refractivity contribution in [1.82, 2.24) is 9.97 Å². The van der Waals surface area contributed by atoms with Gasteiger partial charge in [-0.25, -0.2) is 14.4 Å². The number of nitrogens with zero attached hydrogens (tertiary/aromatic N) is 3. The topological polar surface area (TPSA) is 58.1 Å². The molecule has 0 aliphatic carbocycles. The average molecular weight is 302 g/mol. The molecule has 1 aromatic carbocycles. The SMILES string of the molecule is CCN(CC)c1nc(C)cc(C(=O)Nc2ccccc2F)n1. The summed E-state index contributed by atoms with van der Waals surface area (Å²) in [7, 11) is 0. The second-order valence-corrected chi connectivity index (χ2v) is 4.80. The lowest BCUT2D eigenvalue weighted by Crippen LogP contribution is -2.26. The molecule has 2 rings (SSSR count). The third-order valence-corrected chi connectivity index (χ3v) is 3.24. The molecule has 22 heavy (non-hydrogen) atoms. The maximum absolute atomic E-state index is 13.6. The maximum Gasteiger partial charge on any atom is 0.274 e. The monoisotopic (exact) mass is 302 g/mol. The first-order valence-electron chi connectivity index (χ1n) is 7.21. The Morgan fingerprint density at radius 1 is 1.23 bits per heavy atom. The molecule has 0 bridgehead atoms. The molecule has 116 valence electrons. The van der Waals surface area contributed by atoms with E-state index in [9.17, 15) is 9.18 Å². The van der Waals surface area contributed by atoms with E-state index in [1.807, 2.05) is 18.7 Å². The Kier molecular flexibility index (Phi) is 5.04. The van der Waals surface area contributed by atoms with Gasteiger partial charge in [0, 0.05) is 18.8 Å². The van der Waals surface area contributed by atoms with Crippen LogP contribution in [0.25, 0.3) is 0 Å². The summed E-state index contributed by atoms with van der Waals surface area (Å²) in [6.45, 7) is 7.28. The molecule has 0 radical (unpaired) electrons. The Morgan fingerprint density at radius 2 is 1.91 bits per heavy atom. The van der Waals surface area contributed by atoms with Crippen molar-refractivity contribution < 1.29 is 9.18 Å². The van der Waals surface area contributed by atoms with Crippen molar-refractivity contribution in [2.24, 2.45) is 0 Å². The van der Waals surface area contributed by atoms with Crippen LogP contribution in [0.1, 0.15) is 30.0 Å². The van der Waals surface area contributed by atoms with E-state index < -0.39 is 11.7 Å². The Bertz CT molecular complexity index is 671. The van der Waals surface area contributed by atoms with Crippen molar-refractivity contribution in [2.75, 3.05) is 23.3 Å². The summed E-state index contributed by atoms with van der Waals surface area (Å²) >= 11 is 0. The summed E-state index contributed by atoms with van der Waals surface area (Å²) < 4.78 is 13.6. The molecule has 6 heteroatoms. The molecule has 0 fully saturated rings. The van der Waals surface area contributed by atoms with Gasteiger partial charge >= 0.3 is 0 Å². The Labute approximate surface area is 129 Å². The second-order valence-electron chi connectivity index (χ2n) is 4.80. The summed E-state index contributed by atoms with van der Waals surface area (Å²) in [6, 6.07) is 7.61. The van der Waals surface area contributed by atoms with Crippen LogP contribution in [0.4, 0.5) is 16.0 Å². The van der Waals surface area contributed by atoms with Crippen molar-refractivity contribution in [3.63, 3.8) is 0 Å². The van der Waals surface area contributed by atoms with Gasteiger partial charge in [0.15, 0.2) is 0 Å². The molecular formula is C16H19FN4O. The first kappa shape index (κ1) is 15.9. The van der Waals surface area contributed by atoms with Gasteiger partial charge in [-0.2, -0.15) is 0 Å². The second kappa shape index (κ2) is 6.98. The normalized spacial score (nSPS) is 10.4. The predicted octanol–water partition coefficient (Wildman–Crippen LogP) is 3.02. The molecule has 5 nitrogen and oxygen atoms in total. The minimum absolute atomic E-state index is 0.133. The first-order chi connectivity index (χ1) is 10.5. The molecule has 1 heterocycles. The van der Waals surface area contributed by atoms with Crippen LogP contribution in [0.2, 0.25) is 0 Å². The highest BCUT2D eigenvalue weighted by Gasteiger charge is 2.14. The number of hydrogen-bond donors (Lipinski definition) is 1. The number of rotatable bonds is 5. The van der Waals surface area contributed by atoms with Crippen molar-refractivity contribution in [1.29, 1.82) is 0 Å². The van der Waals surface area contributed by atoms with Gasteiger partial charge in [0.25, 0.3) is 5.91 Å². The van der Waals surface area contributed by atoms with Crippen LogP contribution in [-0.4, -0.2) is 29.0 Å². The van der Waals surface area contributed by atoms with Gasteiger partial charge in [0.1, 0.15) is 11.5 Å². The molecule has 0 aliphatic rings. The van der Waals surface area contributed by atoms with E-state index in [2.05, 4.69) is 15.3 Å². The lowest BCUT2D eigenvalue weighted by atomic mass is 10.2. The highest BCUT2D eigenvalue weighted by atomic mass is 19.1. The number of nitrogens with one attached hydrogen (secondary N) is 1. The van der Waals surface area contributed by atoms with E-state index in [1.165, 1.54) is 12.1 Å². The zero-order chi connectivity index (χ0) is 16.1. The standard InChI is InChI=1S/C16H19FN4O/c1-4-21(5-2)16-18-11(3)10-14(20-16)15(22)19-13-9-7-6-8-12(13)17/h6-10H,4-5H2,1-3H3,(H,19,22). The van der Waals surface area contributed by atoms with Gasteiger partial charge in [0.2, 0.25) is 5.95 Å². The molecule has 1 N–H and O–H groups in total. The van der Waals surface area contributed by atoms with Gasteiger partial charge in [-0.1, -0.05) is 12.1 Å². The van der Waals surface area contributed by atoms with Crippen LogP contribution in [-0.2, 0) is 0 Å². The van der Waals surface area contributed by atoms with E-state index in [0.717, 1.165) is 13.1 Å². The molecule has 0 unspecified atom stereocenters. The van der Waals surface area contributed by atoms with E-state index in [4.69, 9.17) is 0 Å². The van der Waals surface area contributed by atoms with E-state index >= 15 is 0 Å². The molecule has 1 aromatic heterocycles. The number of para-hydroxylation sites is 1. The largest absolute Gasteiger partial charge is 0.341 e. The number of carbonyl (C=O) groups is 1. The number of halogens is 1. The highest BCUT2D eigenvalue weighted by Crippen LogP contribution is 2.15. The number of carbonyl (C=O) groups excluding carboxylic acids is 1. The summed E-state index contributed by atoms with van der Waals surface area (Å²) in [5, 5.41) is 2.53. The summed E-state index contributed by atoms with van der Waals surface area (Å²) in [5.74, 6) is -0.432. The number of anilines is 2. The minimum atomic E-state index is -0.481. The number of benzene rings is 1. The van der Waals surface area contributed by atoms with E-state index in [-0.39, 0.29) is 11.4 Å². The van der Waals surface area contributed by atoms with Crippen LogP contribution < -0.4 is 10.2 Å². The third-order valence-electron chi connectivity index (χ3n) is 3.24. The molecule has 0 aliphatic heterocycles. The fraction of sp³-hybridized carbons (Fsp3) is 0.312. The zero-order valence-electron chi connectivity index (χ0n) is 12.9. The minimum Gasteiger partial charge on any atom is -0.341 e. The fourth-order valence-corrected chi connectivity index (χ4v) is 2.07. The first-order valence-corrected chi connectivity index (χ1v) is 7.21. The molecule has 0 spiro atoms. The number of aromatic nitrogens is 2. The molecule has 0 saturated carbocycles. The number of amides is 1. The van der Waals surface area contributed by atoms with Gasteiger partial charge in [0.05, 0.1) is 5.69 Å². The lowest BCUT2D eigenvalue weighted by molar-refractivity contribution is 0.102. The summed E-state index contributed by atoms with van der Waals surface area (Å²) in [4.78, 5) is 22.9. The third kappa shape index (κ3) is 3.58. The Morgan fingerprint density at radius 3 is 2.55 bits per heavy atom. The van der Waals surface area contributed by atoms with Crippen LogP contribution in [0.15, 0.2) is 30.3 Å². The smallest absolute Gasteiger partial charge is 0.274 e. The summed E-state index contributed by atoms with van der Waals surface area (Å²) in [5.41, 5.74) is 1.04. The van der Waals surface area contributed by atoms with Crippen molar-refractivity contribution in [2.45, 2.75) is 20.8 Å². The molecule has 1 amide bonds. The van der Waals surface area contributed by atoms with Crippen molar-refractivity contribution in [3.8, 4) is 0 Å².